The van der Waals surface area contributed by atoms with Crippen LogP contribution < -0.4 is 25.5 Å². The van der Waals surface area contributed by atoms with Gasteiger partial charge in [0.05, 0.1) is 28.6 Å². The Labute approximate surface area is 271 Å². The highest BCUT2D eigenvalue weighted by Gasteiger charge is 2.21. The minimum absolute atomic E-state index is 0.0161. The van der Waals surface area contributed by atoms with Crippen LogP contribution in [0.5, 0.6) is 11.5 Å². The Bertz CT molecular complexity index is 1790. The summed E-state index contributed by atoms with van der Waals surface area (Å²) in [6.07, 6.45) is 6.21. The molecule has 0 aromatic heterocycles. The lowest BCUT2D eigenvalue weighted by Crippen LogP contribution is -2.37. The Morgan fingerprint density at radius 1 is 0.681 bits per heavy atom. The van der Waals surface area contributed by atoms with Crippen molar-refractivity contribution in [2.24, 2.45) is 5.10 Å². The lowest BCUT2D eigenvalue weighted by atomic mass is 9.95. The number of carbonyl (C=O) groups excluding carboxylic acids is 5. The normalized spacial score (nSPS) is 12.9. The molecule has 238 valence electrons. The van der Waals surface area contributed by atoms with Crippen molar-refractivity contribution < 1.29 is 33.4 Å². The lowest BCUT2D eigenvalue weighted by Gasteiger charge is -2.23. The van der Waals surface area contributed by atoms with Crippen LogP contribution in [-0.2, 0) is 9.59 Å². The fourth-order valence-electron chi connectivity index (χ4n) is 4.94. The number of hydrogen-bond acceptors (Lipinski definition) is 8. The van der Waals surface area contributed by atoms with Crippen LogP contribution in [0, 0.1) is 0 Å². The van der Waals surface area contributed by atoms with Crippen molar-refractivity contribution in [2.45, 2.75) is 38.1 Å². The van der Waals surface area contributed by atoms with Crippen molar-refractivity contribution in [3.63, 3.8) is 0 Å². The first kappa shape index (κ1) is 32.3. The van der Waals surface area contributed by atoms with E-state index in [0.717, 1.165) is 32.1 Å². The van der Waals surface area contributed by atoms with Crippen LogP contribution in [0.2, 0.25) is 0 Å². The number of esters is 2. The first-order chi connectivity index (χ1) is 22.9. The zero-order valence-electron chi connectivity index (χ0n) is 25.3. The van der Waals surface area contributed by atoms with Gasteiger partial charge in [0.15, 0.2) is 0 Å². The van der Waals surface area contributed by atoms with Crippen LogP contribution in [0.3, 0.4) is 0 Å². The summed E-state index contributed by atoms with van der Waals surface area (Å²) >= 11 is 0. The summed E-state index contributed by atoms with van der Waals surface area (Å²) in [4.78, 5) is 63.6. The lowest BCUT2D eigenvalue weighted by molar-refractivity contribution is -0.136. The van der Waals surface area contributed by atoms with Crippen LogP contribution in [0.25, 0.3) is 0 Å². The van der Waals surface area contributed by atoms with Gasteiger partial charge in [0, 0.05) is 17.7 Å². The molecule has 0 heterocycles. The Morgan fingerprint density at radius 3 is 1.98 bits per heavy atom. The average Bonchev–Trinajstić information content (AvgIpc) is 3.10. The van der Waals surface area contributed by atoms with Crippen LogP contribution in [0.15, 0.2) is 108 Å². The van der Waals surface area contributed by atoms with Crippen LogP contribution in [-0.4, -0.2) is 41.9 Å². The molecule has 4 aromatic carbocycles. The summed E-state index contributed by atoms with van der Waals surface area (Å²) < 4.78 is 11.0. The number of hydrazone groups is 1. The Morgan fingerprint density at radius 2 is 1.30 bits per heavy atom. The summed E-state index contributed by atoms with van der Waals surface area (Å²) in [6.45, 7) is 0. The van der Waals surface area contributed by atoms with Crippen molar-refractivity contribution in [3.8, 4) is 11.5 Å². The van der Waals surface area contributed by atoms with Gasteiger partial charge in [0.25, 0.3) is 5.91 Å². The van der Waals surface area contributed by atoms with Gasteiger partial charge in [-0.25, -0.2) is 15.0 Å². The van der Waals surface area contributed by atoms with Crippen LogP contribution in [0.1, 0.15) is 68.7 Å². The molecule has 0 aliphatic heterocycles. The quantitative estimate of drug-likeness (QED) is 0.0747. The number of ether oxygens (including phenoxy) is 2. The van der Waals surface area contributed by atoms with Gasteiger partial charge in [-0.15, -0.1) is 0 Å². The number of nitrogens with zero attached hydrogens (tertiary/aromatic N) is 1. The van der Waals surface area contributed by atoms with Crippen LogP contribution in [0.4, 0.5) is 5.69 Å². The predicted octanol–water partition coefficient (Wildman–Crippen LogP) is 5.28. The van der Waals surface area contributed by atoms with E-state index < -0.39 is 23.8 Å². The topological polar surface area (TPSA) is 152 Å². The van der Waals surface area contributed by atoms with E-state index in [1.807, 2.05) is 0 Å². The minimum Gasteiger partial charge on any atom is -0.423 e. The molecular weight excluding hydrogens is 600 g/mol. The van der Waals surface area contributed by atoms with Gasteiger partial charge in [-0.2, -0.15) is 5.10 Å². The first-order valence-corrected chi connectivity index (χ1v) is 15.1. The van der Waals surface area contributed by atoms with Gasteiger partial charge in [-0.05, 0) is 61.4 Å². The molecule has 0 atom stereocenters. The SMILES string of the molecule is O=C(NN=Cc1ccc(OC(=O)c2ccccc2)cc1OC(=O)c1ccccc1)C(=O)Nc1ccccc1C(=O)NC1CCCCC1. The molecular formula is C36H32N4O7. The van der Waals surface area contributed by atoms with Crippen molar-refractivity contribution >= 4 is 41.6 Å². The number of para-hydroxylation sites is 1. The second-order valence-electron chi connectivity index (χ2n) is 10.7. The molecule has 0 spiro atoms. The summed E-state index contributed by atoms with van der Waals surface area (Å²) in [6, 6.07) is 27.4. The summed E-state index contributed by atoms with van der Waals surface area (Å²) in [7, 11) is 0. The highest BCUT2D eigenvalue weighted by Crippen LogP contribution is 2.26. The maximum atomic E-state index is 12.9. The van der Waals surface area contributed by atoms with E-state index in [4.69, 9.17) is 9.47 Å². The predicted molar refractivity (Wildman–Crippen MR) is 174 cm³/mol. The third kappa shape index (κ3) is 8.98. The molecule has 5 rings (SSSR count). The van der Waals surface area contributed by atoms with Gasteiger partial charge < -0.3 is 20.1 Å². The molecule has 0 radical (unpaired) electrons. The van der Waals surface area contributed by atoms with E-state index in [1.54, 1.807) is 78.9 Å². The Hall–Kier alpha value is -6.10. The zero-order chi connectivity index (χ0) is 33.0. The van der Waals surface area contributed by atoms with Crippen molar-refractivity contribution in [1.82, 2.24) is 10.7 Å². The number of anilines is 1. The van der Waals surface area contributed by atoms with E-state index in [1.165, 1.54) is 30.5 Å². The second kappa shape index (κ2) is 15.8. The fraction of sp³-hybridized carbons (Fsp3) is 0.167. The highest BCUT2D eigenvalue weighted by molar-refractivity contribution is 6.40. The standard InChI is InChI=1S/C36H32N4O7/c41-32(38-27-16-8-3-9-17-27)29-18-10-11-19-30(29)39-33(42)34(43)40-37-23-26-20-21-28(46-35(44)24-12-4-1-5-13-24)22-31(26)47-36(45)25-14-6-2-7-15-25/h1-2,4-7,10-15,18-23,27H,3,8-9,16-17H2,(H,38,41)(H,39,42)(H,40,43). The monoisotopic (exact) mass is 632 g/mol. The molecule has 3 N–H and O–H groups in total. The van der Waals surface area contributed by atoms with E-state index in [9.17, 15) is 24.0 Å². The average molecular weight is 633 g/mol. The Balaban J connectivity index is 1.26. The molecule has 1 saturated carbocycles. The first-order valence-electron chi connectivity index (χ1n) is 15.1. The Kier molecular flexibility index (Phi) is 10.8. The highest BCUT2D eigenvalue weighted by atomic mass is 16.5. The smallest absolute Gasteiger partial charge is 0.343 e. The molecule has 11 nitrogen and oxygen atoms in total. The second-order valence-corrected chi connectivity index (χ2v) is 10.7. The van der Waals surface area contributed by atoms with Gasteiger partial charge in [-0.3, -0.25) is 14.4 Å². The minimum atomic E-state index is -1.10. The number of carbonyl (C=O) groups is 5. The van der Waals surface area contributed by atoms with Gasteiger partial charge in [0.1, 0.15) is 11.5 Å². The molecule has 1 aliphatic carbocycles. The summed E-state index contributed by atoms with van der Waals surface area (Å²) in [5.41, 5.74) is 3.40. The third-order valence-corrected chi connectivity index (χ3v) is 7.35. The number of benzene rings is 4. The molecule has 4 aromatic rings. The number of rotatable bonds is 9. The van der Waals surface area contributed by atoms with E-state index >= 15 is 0 Å². The number of hydrogen-bond donors (Lipinski definition) is 3. The largest absolute Gasteiger partial charge is 0.423 e. The van der Waals surface area contributed by atoms with E-state index in [-0.39, 0.29) is 45.8 Å². The zero-order valence-corrected chi connectivity index (χ0v) is 25.3. The molecule has 1 fully saturated rings. The molecule has 47 heavy (non-hydrogen) atoms. The van der Waals surface area contributed by atoms with Crippen molar-refractivity contribution in [1.29, 1.82) is 0 Å². The summed E-state index contributed by atoms with van der Waals surface area (Å²) in [5, 5.41) is 9.33. The van der Waals surface area contributed by atoms with Gasteiger partial charge in [0.2, 0.25) is 0 Å². The van der Waals surface area contributed by atoms with E-state index in [0.29, 0.717) is 5.56 Å². The van der Waals surface area contributed by atoms with Gasteiger partial charge >= 0.3 is 23.8 Å². The molecule has 11 heteroatoms. The molecule has 1 aliphatic rings. The molecule has 3 amide bonds. The molecule has 0 unspecified atom stereocenters. The summed E-state index contributed by atoms with van der Waals surface area (Å²) in [5.74, 6) is -3.68. The van der Waals surface area contributed by atoms with Crippen LogP contribution >= 0.6 is 0 Å². The van der Waals surface area contributed by atoms with Crippen molar-refractivity contribution in [2.75, 3.05) is 5.32 Å². The van der Waals surface area contributed by atoms with Gasteiger partial charge in [-0.1, -0.05) is 67.8 Å². The fourth-order valence-corrected chi connectivity index (χ4v) is 4.94. The molecule has 0 bridgehead atoms. The molecule has 0 saturated heterocycles. The number of nitrogens with one attached hydrogen (secondary N) is 3. The third-order valence-electron chi connectivity index (χ3n) is 7.35. The van der Waals surface area contributed by atoms with Crippen molar-refractivity contribution in [3.05, 3.63) is 125 Å². The maximum Gasteiger partial charge on any atom is 0.343 e. The number of amides is 3. The van der Waals surface area contributed by atoms with E-state index in [2.05, 4.69) is 21.2 Å². The maximum absolute atomic E-state index is 12.9.